The standard InChI is InChI=1S/C18H16N6O5/c1-3-29-17(28)11-8-21-24(15(11)20)18-22-13(10(7-19)16(27)23(18)2)9-5-4-6-12(25)14(9)26/h4-6,8,25-26H,3,20H2,1-2H3. The van der Waals surface area contributed by atoms with E-state index in [2.05, 4.69) is 10.1 Å². The van der Waals surface area contributed by atoms with E-state index >= 15 is 0 Å². The van der Waals surface area contributed by atoms with Crippen LogP contribution in [0.25, 0.3) is 17.2 Å². The van der Waals surface area contributed by atoms with E-state index in [9.17, 15) is 25.1 Å². The molecule has 0 saturated heterocycles. The third-order valence-electron chi connectivity index (χ3n) is 4.14. The van der Waals surface area contributed by atoms with E-state index in [1.54, 1.807) is 13.0 Å². The summed E-state index contributed by atoms with van der Waals surface area (Å²) in [6.45, 7) is 1.77. The first-order valence-corrected chi connectivity index (χ1v) is 8.35. The average molecular weight is 396 g/mol. The lowest BCUT2D eigenvalue weighted by Gasteiger charge is -2.13. The van der Waals surface area contributed by atoms with Crippen molar-refractivity contribution in [1.29, 1.82) is 5.26 Å². The third kappa shape index (κ3) is 3.12. The summed E-state index contributed by atoms with van der Waals surface area (Å²) in [5.41, 5.74) is 4.68. The fraction of sp³-hybridized carbons (Fsp3) is 0.167. The van der Waals surface area contributed by atoms with Crippen molar-refractivity contribution in [3.63, 3.8) is 0 Å². The van der Waals surface area contributed by atoms with Gasteiger partial charge in [-0.3, -0.25) is 9.36 Å². The van der Waals surface area contributed by atoms with E-state index in [0.717, 1.165) is 9.25 Å². The Morgan fingerprint density at radius 1 is 1.38 bits per heavy atom. The van der Waals surface area contributed by atoms with Crippen molar-refractivity contribution >= 4 is 11.8 Å². The van der Waals surface area contributed by atoms with E-state index in [0.29, 0.717) is 0 Å². The van der Waals surface area contributed by atoms with Crippen molar-refractivity contribution in [1.82, 2.24) is 19.3 Å². The topological polar surface area (TPSA) is 169 Å². The second-order valence-corrected chi connectivity index (χ2v) is 5.86. The summed E-state index contributed by atoms with van der Waals surface area (Å²) < 4.78 is 6.97. The first-order valence-electron chi connectivity index (χ1n) is 8.35. The van der Waals surface area contributed by atoms with E-state index in [-0.39, 0.29) is 40.8 Å². The number of aromatic hydroxyl groups is 2. The molecule has 0 aliphatic heterocycles. The smallest absolute Gasteiger partial charge is 0.343 e. The van der Waals surface area contributed by atoms with Crippen LogP contribution in [0.5, 0.6) is 11.5 Å². The molecule has 0 amide bonds. The molecule has 0 aliphatic rings. The number of nitrogen functional groups attached to an aromatic ring is 1. The van der Waals surface area contributed by atoms with Gasteiger partial charge in [0.1, 0.15) is 28.7 Å². The van der Waals surface area contributed by atoms with Crippen LogP contribution in [-0.4, -0.2) is 42.1 Å². The van der Waals surface area contributed by atoms with Crippen LogP contribution in [0.2, 0.25) is 0 Å². The van der Waals surface area contributed by atoms with Gasteiger partial charge in [0.2, 0.25) is 5.95 Å². The van der Waals surface area contributed by atoms with Crippen molar-refractivity contribution in [3.8, 4) is 34.8 Å². The normalized spacial score (nSPS) is 10.5. The molecule has 0 fully saturated rings. The van der Waals surface area contributed by atoms with Crippen molar-refractivity contribution in [2.24, 2.45) is 7.05 Å². The molecule has 0 atom stereocenters. The Hall–Kier alpha value is -4.33. The highest BCUT2D eigenvalue weighted by Gasteiger charge is 2.24. The summed E-state index contributed by atoms with van der Waals surface area (Å²) in [5.74, 6) is -1.92. The number of rotatable bonds is 4. The molecule has 0 spiro atoms. The number of carbonyl (C=O) groups is 1. The summed E-state index contributed by atoms with van der Waals surface area (Å²) >= 11 is 0. The van der Waals surface area contributed by atoms with Crippen LogP contribution in [0.4, 0.5) is 5.82 Å². The van der Waals surface area contributed by atoms with Crippen LogP contribution in [0.3, 0.4) is 0 Å². The van der Waals surface area contributed by atoms with Gasteiger partial charge in [0.15, 0.2) is 11.5 Å². The van der Waals surface area contributed by atoms with Gasteiger partial charge in [-0.2, -0.15) is 15.0 Å². The number of hydrogen-bond acceptors (Lipinski definition) is 9. The maximum Gasteiger partial charge on any atom is 0.343 e. The van der Waals surface area contributed by atoms with Crippen molar-refractivity contribution in [2.75, 3.05) is 12.3 Å². The first-order chi connectivity index (χ1) is 13.8. The minimum absolute atomic E-state index is 0.0211. The predicted octanol–water partition coefficient (Wildman–Crippen LogP) is 0.675. The number of hydrogen-bond donors (Lipinski definition) is 3. The van der Waals surface area contributed by atoms with Gasteiger partial charge in [0, 0.05) is 12.6 Å². The van der Waals surface area contributed by atoms with Crippen LogP contribution in [0, 0.1) is 11.3 Å². The molecule has 2 aromatic heterocycles. The molecule has 0 saturated carbocycles. The molecule has 1 aromatic carbocycles. The highest BCUT2D eigenvalue weighted by molar-refractivity contribution is 5.94. The molecule has 0 radical (unpaired) electrons. The molecular formula is C18H16N6O5. The summed E-state index contributed by atoms with van der Waals surface area (Å²) in [6, 6.07) is 5.81. The molecule has 11 nitrogen and oxygen atoms in total. The molecule has 11 heteroatoms. The Morgan fingerprint density at radius 3 is 2.76 bits per heavy atom. The molecule has 2 heterocycles. The second kappa shape index (κ2) is 7.35. The van der Waals surface area contributed by atoms with Crippen molar-refractivity contribution in [2.45, 2.75) is 6.92 Å². The summed E-state index contributed by atoms with van der Waals surface area (Å²) in [7, 11) is 1.35. The van der Waals surface area contributed by atoms with Crippen LogP contribution in [0.15, 0.2) is 29.2 Å². The second-order valence-electron chi connectivity index (χ2n) is 5.86. The molecular weight excluding hydrogens is 380 g/mol. The van der Waals surface area contributed by atoms with Gasteiger partial charge in [0.25, 0.3) is 5.56 Å². The highest BCUT2D eigenvalue weighted by Crippen LogP contribution is 2.36. The SMILES string of the molecule is CCOC(=O)c1cnn(-c2nc(-c3cccc(O)c3O)c(C#N)c(=O)n2C)c1N. The van der Waals surface area contributed by atoms with Gasteiger partial charge in [-0.15, -0.1) is 0 Å². The fourth-order valence-electron chi connectivity index (χ4n) is 2.68. The zero-order valence-electron chi connectivity index (χ0n) is 15.4. The van der Waals surface area contributed by atoms with Crippen molar-refractivity contribution < 1.29 is 19.7 Å². The van der Waals surface area contributed by atoms with E-state index < -0.39 is 23.0 Å². The highest BCUT2D eigenvalue weighted by atomic mass is 16.5. The predicted molar refractivity (Wildman–Crippen MR) is 100 cm³/mol. The van der Waals surface area contributed by atoms with Gasteiger partial charge in [-0.05, 0) is 19.1 Å². The van der Waals surface area contributed by atoms with Gasteiger partial charge in [-0.25, -0.2) is 9.78 Å². The molecule has 0 bridgehead atoms. The number of ether oxygens (including phenoxy) is 1. The third-order valence-corrected chi connectivity index (χ3v) is 4.14. The number of nitriles is 1. The number of anilines is 1. The molecule has 3 aromatic rings. The molecule has 29 heavy (non-hydrogen) atoms. The van der Waals surface area contributed by atoms with Gasteiger partial charge < -0.3 is 20.7 Å². The van der Waals surface area contributed by atoms with Crippen LogP contribution in [0.1, 0.15) is 22.8 Å². The lowest BCUT2D eigenvalue weighted by atomic mass is 10.1. The average Bonchev–Trinajstić information content (AvgIpc) is 3.07. The summed E-state index contributed by atoms with van der Waals surface area (Å²) in [6.07, 6.45) is 1.17. The Balaban J connectivity index is 2.30. The van der Waals surface area contributed by atoms with Gasteiger partial charge in [-0.1, -0.05) is 6.07 Å². The number of aromatic nitrogens is 4. The summed E-state index contributed by atoms with van der Waals surface area (Å²) in [4.78, 5) is 29.0. The Morgan fingerprint density at radius 2 is 2.10 bits per heavy atom. The number of phenolic OH excluding ortho intramolecular Hbond substituents is 2. The minimum Gasteiger partial charge on any atom is -0.504 e. The number of benzene rings is 1. The Bertz CT molecular complexity index is 1220. The largest absolute Gasteiger partial charge is 0.504 e. The number of phenols is 2. The number of carbonyl (C=O) groups excluding carboxylic acids is 1. The zero-order chi connectivity index (χ0) is 21.3. The van der Waals surface area contributed by atoms with E-state index in [1.807, 2.05) is 0 Å². The molecule has 4 N–H and O–H groups in total. The van der Waals surface area contributed by atoms with Gasteiger partial charge >= 0.3 is 5.97 Å². The number of nitrogens with zero attached hydrogens (tertiary/aromatic N) is 5. The van der Waals surface area contributed by atoms with E-state index in [1.165, 1.54) is 31.4 Å². The Kier molecular flexibility index (Phi) is 4.93. The molecule has 0 unspecified atom stereocenters. The Labute approximate surface area is 163 Å². The number of para-hydroxylation sites is 1. The monoisotopic (exact) mass is 396 g/mol. The fourth-order valence-corrected chi connectivity index (χ4v) is 2.68. The molecule has 148 valence electrons. The maximum atomic E-state index is 12.7. The van der Waals surface area contributed by atoms with Gasteiger partial charge in [0.05, 0.1) is 12.8 Å². The van der Waals surface area contributed by atoms with Crippen LogP contribution < -0.4 is 11.3 Å². The van der Waals surface area contributed by atoms with E-state index in [4.69, 9.17) is 10.5 Å². The first kappa shape index (κ1) is 19.4. The lowest BCUT2D eigenvalue weighted by molar-refractivity contribution is 0.0527. The molecule has 0 aliphatic carbocycles. The maximum absolute atomic E-state index is 12.7. The van der Waals surface area contributed by atoms with Crippen LogP contribution >= 0.6 is 0 Å². The summed E-state index contributed by atoms with van der Waals surface area (Å²) in [5, 5.41) is 33.4. The quantitative estimate of drug-likeness (QED) is 0.424. The lowest BCUT2D eigenvalue weighted by Crippen LogP contribution is -2.27. The minimum atomic E-state index is -0.733. The number of esters is 1. The van der Waals surface area contributed by atoms with Crippen molar-refractivity contribution in [3.05, 3.63) is 45.9 Å². The zero-order valence-corrected chi connectivity index (χ0v) is 15.4. The van der Waals surface area contributed by atoms with Crippen LogP contribution in [-0.2, 0) is 11.8 Å². The molecule has 3 rings (SSSR count). The number of nitrogens with two attached hydrogens (primary N) is 1.